The van der Waals surface area contributed by atoms with Crippen LogP contribution in [0.25, 0.3) is 22.6 Å². The van der Waals surface area contributed by atoms with Gasteiger partial charge in [-0.3, -0.25) is 5.32 Å². The van der Waals surface area contributed by atoms with E-state index < -0.39 is 18.9 Å². The predicted molar refractivity (Wildman–Crippen MR) is 78.2 cm³/mol. The minimum Gasteiger partial charge on any atom is -0.440 e. The molecule has 0 saturated heterocycles. The molecule has 1 aromatic carbocycles. The maximum absolute atomic E-state index is 12.0. The first-order valence-corrected chi connectivity index (χ1v) is 7.24. The molecule has 0 aliphatic rings. The van der Waals surface area contributed by atoms with E-state index >= 15 is 0 Å². The zero-order valence-corrected chi connectivity index (χ0v) is 12.2. The van der Waals surface area contributed by atoms with Gasteiger partial charge in [0.25, 0.3) is 0 Å². The number of benzene rings is 1. The molecule has 0 saturated carbocycles. The number of nitrogens with zero attached hydrogens (tertiary/aromatic N) is 2. The molecule has 3 rings (SSSR count). The van der Waals surface area contributed by atoms with E-state index in [-0.39, 0.29) is 5.69 Å². The van der Waals surface area contributed by atoms with Crippen LogP contribution in [0.3, 0.4) is 0 Å². The molecule has 120 valence electrons. The molecule has 6 nitrogen and oxygen atoms in total. The molecule has 0 unspecified atom stereocenters. The highest BCUT2D eigenvalue weighted by Crippen LogP contribution is 2.23. The van der Waals surface area contributed by atoms with E-state index in [0.717, 1.165) is 0 Å². The maximum Gasteiger partial charge on any atom is 0.422 e. The Morgan fingerprint density at radius 2 is 2.22 bits per heavy atom. The van der Waals surface area contributed by atoms with Crippen LogP contribution in [-0.4, -0.2) is 33.8 Å². The summed E-state index contributed by atoms with van der Waals surface area (Å²) < 4.78 is 40.0. The van der Waals surface area contributed by atoms with Crippen LogP contribution in [0.1, 0.15) is 0 Å². The van der Waals surface area contributed by atoms with Crippen LogP contribution in [0.2, 0.25) is 0 Å². The second kappa shape index (κ2) is 5.88. The van der Waals surface area contributed by atoms with Gasteiger partial charge in [0.2, 0.25) is 0 Å². The zero-order valence-electron chi connectivity index (χ0n) is 11.3. The van der Waals surface area contributed by atoms with Crippen molar-refractivity contribution in [2.24, 2.45) is 0 Å². The lowest BCUT2D eigenvalue weighted by Gasteiger charge is -2.08. The fourth-order valence-electron chi connectivity index (χ4n) is 1.84. The number of carbonyl (C=O) groups excluding carboxylic acids is 1. The third-order valence-electron chi connectivity index (χ3n) is 2.77. The van der Waals surface area contributed by atoms with E-state index in [9.17, 15) is 18.0 Å². The van der Waals surface area contributed by atoms with Crippen molar-refractivity contribution in [3.8, 4) is 11.5 Å². The van der Waals surface area contributed by atoms with Crippen molar-refractivity contribution in [3.05, 3.63) is 29.1 Å². The number of hydrogen-bond acceptors (Lipinski definition) is 5. The summed E-state index contributed by atoms with van der Waals surface area (Å²) in [5.74, 6) is 0.568. The highest BCUT2D eigenvalue weighted by atomic mass is 32.1. The number of imidazole rings is 1. The molecule has 0 fully saturated rings. The molecular formula is C13H9F3N4O2S. The van der Waals surface area contributed by atoms with Crippen LogP contribution in [0.4, 0.5) is 23.7 Å². The Bertz CT molecular complexity index is 829. The fraction of sp³-hybridized carbons (Fsp3) is 0.154. The number of rotatable bonds is 3. The van der Waals surface area contributed by atoms with E-state index in [0.29, 0.717) is 22.6 Å². The van der Waals surface area contributed by atoms with Gasteiger partial charge in [0.1, 0.15) is 5.69 Å². The molecular weight excluding hydrogens is 333 g/mol. The van der Waals surface area contributed by atoms with Gasteiger partial charge in [0.05, 0.1) is 16.5 Å². The second-order valence-corrected chi connectivity index (χ2v) is 5.23. The van der Waals surface area contributed by atoms with Crippen LogP contribution in [0, 0.1) is 0 Å². The molecule has 3 aromatic rings. The molecule has 0 bridgehead atoms. The molecule has 0 aliphatic heterocycles. The minimum absolute atomic E-state index is 0.290. The Balaban J connectivity index is 1.74. The van der Waals surface area contributed by atoms with Crippen LogP contribution in [0.15, 0.2) is 29.1 Å². The van der Waals surface area contributed by atoms with Crippen molar-refractivity contribution in [3.63, 3.8) is 0 Å². The number of ether oxygens (including phenoxy) is 1. The van der Waals surface area contributed by atoms with E-state index in [1.165, 1.54) is 17.4 Å². The smallest absolute Gasteiger partial charge is 0.422 e. The number of nitrogens with one attached hydrogen (secondary N) is 2. The summed E-state index contributed by atoms with van der Waals surface area (Å²) in [5.41, 5.74) is 3.90. The van der Waals surface area contributed by atoms with Crippen LogP contribution < -0.4 is 5.32 Å². The molecule has 2 aromatic heterocycles. The lowest BCUT2D eigenvalue weighted by atomic mass is 10.3. The van der Waals surface area contributed by atoms with Gasteiger partial charge in [-0.15, -0.1) is 11.3 Å². The van der Waals surface area contributed by atoms with Gasteiger partial charge in [-0.25, -0.2) is 14.8 Å². The zero-order chi connectivity index (χ0) is 16.4. The average molecular weight is 342 g/mol. The Kier molecular flexibility index (Phi) is 3.90. The monoisotopic (exact) mass is 342 g/mol. The number of anilines is 1. The summed E-state index contributed by atoms with van der Waals surface area (Å²) >= 11 is 1.43. The van der Waals surface area contributed by atoms with E-state index in [1.807, 2.05) is 5.38 Å². The van der Waals surface area contributed by atoms with Crippen molar-refractivity contribution in [1.82, 2.24) is 15.0 Å². The minimum atomic E-state index is -4.56. The number of thiazole rings is 1. The van der Waals surface area contributed by atoms with Gasteiger partial charge in [-0.05, 0) is 18.2 Å². The number of aromatic amines is 1. The van der Waals surface area contributed by atoms with Crippen molar-refractivity contribution < 1.29 is 22.7 Å². The summed E-state index contributed by atoms with van der Waals surface area (Å²) in [7, 11) is 0. The van der Waals surface area contributed by atoms with Crippen LogP contribution >= 0.6 is 11.3 Å². The number of hydrogen-bond donors (Lipinski definition) is 2. The molecule has 1 amide bonds. The highest BCUT2D eigenvalue weighted by molar-refractivity contribution is 7.07. The largest absolute Gasteiger partial charge is 0.440 e. The number of amides is 1. The first-order valence-electron chi connectivity index (χ1n) is 6.29. The standard InChI is InChI=1S/C13H9F3N4O2S/c14-13(15,16)5-22-12(21)18-7-1-2-8-9(3-7)20-11(19-8)10-4-23-6-17-10/h1-4,6H,5H2,(H,18,21)(H,19,20). The van der Waals surface area contributed by atoms with E-state index in [4.69, 9.17) is 0 Å². The summed E-state index contributed by atoms with van der Waals surface area (Å²) in [6, 6.07) is 4.69. The first kappa shape index (κ1) is 15.3. The van der Waals surface area contributed by atoms with Crippen molar-refractivity contribution >= 4 is 34.2 Å². The van der Waals surface area contributed by atoms with Gasteiger partial charge in [0, 0.05) is 11.1 Å². The maximum atomic E-state index is 12.0. The van der Waals surface area contributed by atoms with Gasteiger partial charge < -0.3 is 9.72 Å². The number of alkyl halides is 3. The molecule has 0 atom stereocenters. The van der Waals surface area contributed by atoms with Crippen LogP contribution in [0.5, 0.6) is 0 Å². The fourth-order valence-corrected chi connectivity index (χ4v) is 2.38. The van der Waals surface area contributed by atoms with Gasteiger partial charge in [0.15, 0.2) is 12.4 Å². The van der Waals surface area contributed by atoms with Crippen molar-refractivity contribution in [2.75, 3.05) is 11.9 Å². The number of carbonyl (C=O) groups is 1. The number of fused-ring (bicyclic) bond motifs is 1. The number of aromatic nitrogens is 3. The SMILES string of the molecule is O=C(Nc1ccc2nc(-c3cscn3)[nH]c2c1)OCC(F)(F)F. The molecule has 0 aliphatic carbocycles. The van der Waals surface area contributed by atoms with Gasteiger partial charge in [-0.2, -0.15) is 13.2 Å². The Hall–Kier alpha value is -2.62. The van der Waals surface area contributed by atoms with Crippen molar-refractivity contribution in [2.45, 2.75) is 6.18 Å². The Morgan fingerprint density at radius 1 is 1.39 bits per heavy atom. The van der Waals surface area contributed by atoms with E-state index in [2.05, 4.69) is 25.0 Å². The lowest BCUT2D eigenvalue weighted by molar-refractivity contribution is -0.159. The summed E-state index contributed by atoms with van der Waals surface area (Å²) in [5, 5.41) is 4.05. The third kappa shape index (κ3) is 3.77. The summed E-state index contributed by atoms with van der Waals surface area (Å²) in [4.78, 5) is 22.8. The van der Waals surface area contributed by atoms with Crippen molar-refractivity contribution in [1.29, 1.82) is 0 Å². The predicted octanol–water partition coefficient (Wildman–Crippen LogP) is 3.80. The van der Waals surface area contributed by atoms with E-state index in [1.54, 1.807) is 17.6 Å². The first-order chi connectivity index (χ1) is 10.9. The molecule has 2 heterocycles. The average Bonchev–Trinajstić information content (AvgIpc) is 3.12. The molecule has 23 heavy (non-hydrogen) atoms. The van der Waals surface area contributed by atoms with Gasteiger partial charge >= 0.3 is 12.3 Å². The Morgan fingerprint density at radius 3 is 2.91 bits per heavy atom. The summed E-state index contributed by atoms with van der Waals surface area (Å²) in [6.45, 7) is -1.64. The van der Waals surface area contributed by atoms with Crippen LogP contribution in [-0.2, 0) is 4.74 Å². The molecule has 10 heteroatoms. The lowest BCUT2D eigenvalue weighted by Crippen LogP contribution is -2.23. The highest BCUT2D eigenvalue weighted by Gasteiger charge is 2.29. The Labute approximate surface area is 131 Å². The quantitative estimate of drug-likeness (QED) is 0.759. The van der Waals surface area contributed by atoms with Gasteiger partial charge in [-0.1, -0.05) is 0 Å². The topological polar surface area (TPSA) is 79.9 Å². The third-order valence-corrected chi connectivity index (χ3v) is 3.36. The molecule has 0 spiro atoms. The molecule has 2 N–H and O–H groups in total. The molecule has 0 radical (unpaired) electrons. The number of halogens is 3. The summed E-state index contributed by atoms with van der Waals surface area (Å²) in [6.07, 6.45) is -5.74. The second-order valence-electron chi connectivity index (χ2n) is 4.51. The number of H-pyrrole nitrogens is 1. The normalized spacial score (nSPS) is 11.6.